The Labute approximate surface area is 113 Å². The van der Waals surface area contributed by atoms with Gasteiger partial charge in [-0.1, -0.05) is 30.3 Å². The van der Waals surface area contributed by atoms with E-state index in [9.17, 15) is 4.79 Å². The lowest BCUT2D eigenvalue weighted by Gasteiger charge is -2.47. The van der Waals surface area contributed by atoms with E-state index >= 15 is 0 Å². The standard InChI is InChI=1S/C15H19NO3/c17-14(19-9-13-5-2-1-3-6-13)16-8-4-7-15(10-16)11-18-12-15/h1-3,5-6H,4,7-12H2. The van der Waals surface area contributed by atoms with E-state index < -0.39 is 0 Å². The van der Waals surface area contributed by atoms with Gasteiger partial charge in [-0.3, -0.25) is 0 Å². The highest BCUT2D eigenvalue weighted by molar-refractivity contribution is 5.67. The maximum atomic E-state index is 12.1. The number of hydrogen-bond acceptors (Lipinski definition) is 3. The van der Waals surface area contributed by atoms with Crippen LogP contribution >= 0.6 is 0 Å². The van der Waals surface area contributed by atoms with E-state index in [1.807, 2.05) is 35.2 Å². The lowest BCUT2D eigenvalue weighted by molar-refractivity contribution is -0.140. The Morgan fingerprint density at radius 3 is 2.79 bits per heavy atom. The van der Waals surface area contributed by atoms with Crippen LogP contribution in [0.4, 0.5) is 4.79 Å². The fraction of sp³-hybridized carbons (Fsp3) is 0.533. The van der Waals surface area contributed by atoms with Crippen molar-refractivity contribution in [3.05, 3.63) is 35.9 Å². The van der Waals surface area contributed by atoms with Gasteiger partial charge in [-0.05, 0) is 18.4 Å². The van der Waals surface area contributed by atoms with Crippen LogP contribution in [-0.2, 0) is 16.1 Å². The van der Waals surface area contributed by atoms with Crippen molar-refractivity contribution in [2.75, 3.05) is 26.3 Å². The zero-order valence-electron chi connectivity index (χ0n) is 11.0. The molecule has 0 aliphatic carbocycles. The first-order valence-electron chi connectivity index (χ1n) is 6.81. The largest absolute Gasteiger partial charge is 0.445 e. The fourth-order valence-electron chi connectivity index (χ4n) is 2.80. The molecule has 0 atom stereocenters. The quantitative estimate of drug-likeness (QED) is 0.820. The van der Waals surface area contributed by atoms with Crippen molar-refractivity contribution >= 4 is 6.09 Å². The van der Waals surface area contributed by atoms with Crippen LogP contribution in [0.2, 0.25) is 0 Å². The van der Waals surface area contributed by atoms with Gasteiger partial charge in [-0.15, -0.1) is 0 Å². The Kier molecular flexibility index (Phi) is 3.42. The molecule has 19 heavy (non-hydrogen) atoms. The van der Waals surface area contributed by atoms with E-state index in [-0.39, 0.29) is 11.5 Å². The predicted molar refractivity (Wildman–Crippen MR) is 70.7 cm³/mol. The molecule has 2 aliphatic rings. The average Bonchev–Trinajstić information content (AvgIpc) is 2.44. The minimum Gasteiger partial charge on any atom is -0.445 e. The van der Waals surface area contributed by atoms with E-state index in [4.69, 9.17) is 9.47 Å². The van der Waals surface area contributed by atoms with Gasteiger partial charge in [-0.2, -0.15) is 0 Å². The smallest absolute Gasteiger partial charge is 0.410 e. The highest BCUT2D eigenvalue weighted by atomic mass is 16.6. The van der Waals surface area contributed by atoms with Crippen molar-refractivity contribution in [1.82, 2.24) is 4.90 Å². The maximum Gasteiger partial charge on any atom is 0.410 e. The van der Waals surface area contributed by atoms with Crippen molar-refractivity contribution in [2.24, 2.45) is 5.41 Å². The number of benzene rings is 1. The summed E-state index contributed by atoms with van der Waals surface area (Å²) in [6.45, 7) is 3.50. The first kappa shape index (κ1) is 12.5. The summed E-state index contributed by atoms with van der Waals surface area (Å²) in [5, 5.41) is 0. The molecule has 3 rings (SSSR count). The molecule has 0 unspecified atom stereocenters. The van der Waals surface area contributed by atoms with Crippen LogP contribution in [0, 0.1) is 5.41 Å². The van der Waals surface area contributed by atoms with E-state index in [0.717, 1.165) is 44.7 Å². The van der Waals surface area contributed by atoms with E-state index in [1.165, 1.54) is 0 Å². The van der Waals surface area contributed by atoms with E-state index in [2.05, 4.69) is 0 Å². The maximum absolute atomic E-state index is 12.1. The molecule has 0 radical (unpaired) electrons. The van der Waals surface area contributed by atoms with Gasteiger partial charge in [0.25, 0.3) is 0 Å². The third-order valence-corrected chi connectivity index (χ3v) is 3.94. The van der Waals surface area contributed by atoms with Crippen LogP contribution < -0.4 is 0 Å². The third-order valence-electron chi connectivity index (χ3n) is 3.94. The first-order valence-corrected chi connectivity index (χ1v) is 6.81. The molecule has 0 saturated carbocycles. The molecule has 1 amide bonds. The van der Waals surface area contributed by atoms with Crippen molar-refractivity contribution in [1.29, 1.82) is 0 Å². The second-order valence-corrected chi connectivity index (χ2v) is 5.56. The second kappa shape index (κ2) is 5.21. The Bertz CT molecular complexity index is 442. The Balaban J connectivity index is 1.52. The minimum absolute atomic E-state index is 0.199. The normalized spacial score (nSPS) is 20.9. The summed E-state index contributed by atoms with van der Waals surface area (Å²) >= 11 is 0. The predicted octanol–water partition coefficient (Wildman–Crippen LogP) is 2.44. The number of carbonyl (C=O) groups is 1. The number of amides is 1. The fourth-order valence-corrected chi connectivity index (χ4v) is 2.80. The molecule has 0 N–H and O–H groups in total. The minimum atomic E-state index is -0.199. The molecule has 0 bridgehead atoms. The number of nitrogens with zero attached hydrogens (tertiary/aromatic N) is 1. The van der Waals surface area contributed by atoms with Crippen molar-refractivity contribution < 1.29 is 14.3 Å². The molecule has 4 heteroatoms. The van der Waals surface area contributed by atoms with E-state index in [0.29, 0.717) is 6.61 Å². The van der Waals surface area contributed by atoms with Gasteiger partial charge < -0.3 is 14.4 Å². The van der Waals surface area contributed by atoms with Crippen molar-refractivity contribution in [3.63, 3.8) is 0 Å². The molecule has 1 spiro atoms. The summed E-state index contributed by atoms with van der Waals surface area (Å²) < 4.78 is 10.7. The number of rotatable bonds is 2. The number of hydrogen-bond donors (Lipinski definition) is 0. The van der Waals surface area contributed by atoms with Crippen molar-refractivity contribution in [2.45, 2.75) is 19.4 Å². The lowest BCUT2D eigenvalue weighted by atomic mass is 9.78. The molecule has 2 saturated heterocycles. The topological polar surface area (TPSA) is 38.8 Å². The molecule has 4 nitrogen and oxygen atoms in total. The highest BCUT2D eigenvalue weighted by Gasteiger charge is 2.43. The van der Waals surface area contributed by atoms with Gasteiger partial charge in [0, 0.05) is 18.5 Å². The average molecular weight is 261 g/mol. The van der Waals surface area contributed by atoms with Crippen LogP contribution in [0.25, 0.3) is 0 Å². The number of carbonyl (C=O) groups excluding carboxylic acids is 1. The molecule has 2 fully saturated rings. The molecule has 1 aromatic carbocycles. The van der Waals surface area contributed by atoms with Gasteiger partial charge in [0.05, 0.1) is 13.2 Å². The van der Waals surface area contributed by atoms with Crippen LogP contribution in [0.1, 0.15) is 18.4 Å². The molecule has 102 valence electrons. The van der Waals surface area contributed by atoms with E-state index in [1.54, 1.807) is 0 Å². The van der Waals surface area contributed by atoms with Gasteiger partial charge in [-0.25, -0.2) is 4.79 Å². The molecular weight excluding hydrogens is 242 g/mol. The molecule has 2 heterocycles. The summed E-state index contributed by atoms with van der Waals surface area (Å²) in [6, 6.07) is 9.78. The summed E-state index contributed by atoms with van der Waals surface area (Å²) in [6.07, 6.45) is 2.01. The van der Waals surface area contributed by atoms with Crippen LogP contribution in [0.5, 0.6) is 0 Å². The Morgan fingerprint density at radius 2 is 2.11 bits per heavy atom. The van der Waals surface area contributed by atoms with Crippen LogP contribution in [0.15, 0.2) is 30.3 Å². The van der Waals surface area contributed by atoms with Gasteiger partial charge in [0.2, 0.25) is 0 Å². The van der Waals surface area contributed by atoms with Gasteiger partial charge >= 0.3 is 6.09 Å². The number of ether oxygens (including phenoxy) is 2. The zero-order chi connectivity index (χ0) is 13.1. The lowest BCUT2D eigenvalue weighted by Crippen LogP contribution is -2.55. The summed E-state index contributed by atoms with van der Waals surface area (Å²) in [5.41, 5.74) is 1.24. The molecule has 1 aromatic rings. The van der Waals surface area contributed by atoms with Crippen LogP contribution in [0.3, 0.4) is 0 Å². The SMILES string of the molecule is O=C(OCc1ccccc1)N1CCCC2(COC2)C1. The summed E-state index contributed by atoms with van der Waals surface area (Å²) in [7, 11) is 0. The van der Waals surface area contributed by atoms with Crippen molar-refractivity contribution in [3.8, 4) is 0 Å². The summed E-state index contributed by atoms with van der Waals surface area (Å²) in [4.78, 5) is 13.9. The first-order chi connectivity index (χ1) is 9.27. The molecule has 0 aromatic heterocycles. The Hall–Kier alpha value is -1.55. The number of piperidine rings is 1. The monoisotopic (exact) mass is 261 g/mol. The van der Waals surface area contributed by atoms with Gasteiger partial charge in [0.1, 0.15) is 6.61 Å². The van der Waals surface area contributed by atoms with Crippen LogP contribution in [-0.4, -0.2) is 37.3 Å². The zero-order valence-corrected chi connectivity index (χ0v) is 11.0. The van der Waals surface area contributed by atoms with Gasteiger partial charge in [0.15, 0.2) is 0 Å². The molecular formula is C15H19NO3. The number of likely N-dealkylation sites (tertiary alicyclic amines) is 1. The Morgan fingerprint density at radius 1 is 1.32 bits per heavy atom. The molecule has 2 aliphatic heterocycles. The second-order valence-electron chi connectivity index (χ2n) is 5.56. The third kappa shape index (κ3) is 2.73. The highest BCUT2D eigenvalue weighted by Crippen LogP contribution is 2.37. The summed E-state index contributed by atoms with van der Waals surface area (Å²) in [5.74, 6) is 0.